The van der Waals surface area contributed by atoms with Gasteiger partial charge in [-0.3, -0.25) is 0 Å². The Labute approximate surface area is 323 Å². The number of aromatic nitrogens is 2. The van der Waals surface area contributed by atoms with Crippen LogP contribution < -0.4 is 4.57 Å². The Kier molecular flexibility index (Phi) is 38.2. The van der Waals surface area contributed by atoms with Gasteiger partial charge in [0.05, 0.1) is 13.1 Å². The van der Waals surface area contributed by atoms with Crippen molar-refractivity contribution in [1.82, 2.24) is 4.57 Å². The average Bonchev–Trinajstić information content (AvgIpc) is 3.53. The molecule has 0 spiro atoms. The van der Waals surface area contributed by atoms with E-state index >= 15 is 0 Å². The topological polar surface area (TPSA) is 8.81 Å². The highest BCUT2D eigenvalue weighted by Gasteiger charge is 2.16. The van der Waals surface area contributed by atoms with Gasteiger partial charge in [0.15, 0.2) is 0 Å². The molecule has 1 rings (SSSR count). The normalized spacial score (nSPS) is 11.7. The zero-order chi connectivity index (χ0) is 36.6. The number of aryl methyl sites for hydroxylation is 2. The van der Waals surface area contributed by atoms with Crippen LogP contribution in [0.1, 0.15) is 283 Å². The summed E-state index contributed by atoms with van der Waals surface area (Å²) >= 11 is 0. The maximum absolute atomic E-state index is 2.65. The third-order valence-electron chi connectivity index (χ3n) is 11.8. The lowest BCUT2D eigenvalue weighted by Crippen LogP contribution is -2.37. The second-order valence-corrected chi connectivity index (χ2v) is 16.9. The molecule has 0 fully saturated rings. The molecule has 0 unspecified atom stereocenters. The summed E-state index contributed by atoms with van der Waals surface area (Å²) in [7, 11) is 0. The Hall–Kier alpha value is -0.790. The molecule has 2 heteroatoms. The van der Waals surface area contributed by atoms with Gasteiger partial charge in [0.25, 0.3) is 5.82 Å². The van der Waals surface area contributed by atoms with E-state index in [2.05, 4.69) is 42.3 Å². The van der Waals surface area contributed by atoms with Crippen molar-refractivity contribution >= 4 is 0 Å². The molecular weight excluding hydrogens is 617 g/mol. The fourth-order valence-corrected chi connectivity index (χ4v) is 8.27. The van der Waals surface area contributed by atoms with Gasteiger partial charge in [0, 0.05) is 6.42 Å². The fourth-order valence-electron chi connectivity index (χ4n) is 8.27. The minimum Gasteiger partial charge on any atom is -0.234 e. The number of nitrogens with zero attached hydrogens (tertiary/aromatic N) is 2. The van der Waals surface area contributed by atoms with E-state index in [0.29, 0.717) is 0 Å². The molecule has 0 amide bonds. The monoisotopic (exact) mass is 714 g/mol. The first-order chi connectivity index (χ1) is 25.3. The van der Waals surface area contributed by atoms with Crippen LogP contribution in [0, 0.1) is 0 Å². The molecule has 51 heavy (non-hydrogen) atoms. The van der Waals surface area contributed by atoms with Crippen LogP contribution in [-0.2, 0) is 19.5 Å². The quantitative estimate of drug-likeness (QED) is 0.0471. The number of unbranched alkanes of at least 4 members (excludes halogenated alkanes) is 37. The summed E-state index contributed by atoms with van der Waals surface area (Å²) in [6.07, 6.45) is 63.8. The fraction of sp³-hybridized carbons (Fsp3) is 0.939. The van der Waals surface area contributed by atoms with Crippen LogP contribution in [0.15, 0.2) is 12.4 Å². The second-order valence-electron chi connectivity index (χ2n) is 16.9. The summed E-state index contributed by atoms with van der Waals surface area (Å²) in [5.74, 6) is 1.63. The van der Waals surface area contributed by atoms with Gasteiger partial charge in [0.2, 0.25) is 0 Å². The van der Waals surface area contributed by atoms with Crippen LogP contribution in [0.2, 0.25) is 0 Å². The van der Waals surface area contributed by atoms with Gasteiger partial charge < -0.3 is 0 Å². The lowest BCUT2D eigenvalue weighted by Gasteiger charge is -2.07. The molecule has 0 aliphatic rings. The maximum atomic E-state index is 2.65. The molecule has 0 aliphatic heterocycles. The van der Waals surface area contributed by atoms with E-state index in [9.17, 15) is 0 Å². The highest BCUT2D eigenvalue weighted by Crippen LogP contribution is 2.17. The molecular formula is C49H97N2+. The summed E-state index contributed by atoms with van der Waals surface area (Å²) in [6, 6.07) is 0. The van der Waals surface area contributed by atoms with Gasteiger partial charge in [-0.1, -0.05) is 245 Å². The predicted molar refractivity (Wildman–Crippen MR) is 230 cm³/mol. The van der Waals surface area contributed by atoms with Crippen LogP contribution >= 0.6 is 0 Å². The van der Waals surface area contributed by atoms with Gasteiger partial charge in [-0.25, -0.2) is 9.13 Å². The van der Waals surface area contributed by atoms with Crippen molar-refractivity contribution < 1.29 is 4.57 Å². The largest absolute Gasteiger partial charge is 0.256 e. The number of imidazole rings is 1. The van der Waals surface area contributed by atoms with E-state index in [1.807, 2.05) is 0 Å². The lowest BCUT2D eigenvalue weighted by molar-refractivity contribution is -0.704. The zero-order valence-electron chi connectivity index (χ0n) is 36.0. The molecule has 0 radical (unpaired) electrons. The standard InChI is InChI=1S/C49H97N2/c1-4-7-10-13-16-18-20-22-24-26-27-29-31-33-35-38-41-44-49-50(45-42-39-36-15-12-9-6-3)47-48-51(49)46-43-40-37-34-32-30-28-25-23-21-19-17-14-11-8-5-2/h47-48H,4-46H2,1-3H3/q+1. The number of hydrogen-bond acceptors (Lipinski definition) is 0. The third-order valence-corrected chi connectivity index (χ3v) is 11.8. The highest BCUT2D eigenvalue weighted by molar-refractivity contribution is 4.84. The van der Waals surface area contributed by atoms with Crippen molar-refractivity contribution in [3.05, 3.63) is 18.2 Å². The highest BCUT2D eigenvalue weighted by atomic mass is 15.1. The smallest absolute Gasteiger partial charge is 0.234 e. The summed E-state index contributed by atoms with van der Waals surface area (Å²) in [5.41, 5.74) is 0. The molecule has 0 atom stereocenters. The Bertz CT molecular complexity index is 781. The van der Waals surface area contributed by atoms with E-state index in [-0.39, 0.29) is 0 Å². The van der Waals surface area contributed by atoms with Gasteiger partial charge in [-0.2, -0.15) is 0 Å². The number of rotatable bonds is 43. The van der Waals surface area contributed by atoms with Crippen molar-refractivity contribution in [2.24, 2.45) is 0 Å². The van der Waals surface area contributed by atoms with E-state index < -0.39 is 0 Å². The Balaban J connectivity index is 2.18. The molecule has 1 aromatic heterocycles. The molecule has 1 heterocycles. The van der Waals surface area contributed by atoms with Crippen LogP contribution in [0.25, 0.3) is 0 Å². The number of hydrogen-bond donors (Lipinski definition) is 0. The summed E-state index contributed by atoms with van der Waals surface area (Å²) in [5, 5.41) is 0. The van der Waals surface area contributed by atoms with Crippen molar-refractivity contribution in [1.29, 1.82) is 0 Å². The van der Waals surface area contributed by atoms with Crippen molar-refractivity contribution in [2.45, 2.75) is 297 Å². The van der Waals surface area contributed by atoms with Crippen molar-refractivity contribution in [3.8, 4) is 0 Å². The minimum atomic E-state index is 1.23. The van der Waals surface area contributed by atoms with Crippen LogP contribution in [0.4, 0.5) is 0 Å². The molecule has 0 aromatic carbocycles. The second kappa shape index (κ2) is 40.4. The van der Waals surface area contributed by atoms with Crippen molar-refractivity contribution in [2.75, 3.05) is 0 Å². The van der Waals surface area contributed by atoms with Crippen LogP contribution in [0.3, 0.4) is 0 Å². The van der Waals surface area contributed by atoms with Gasteiger partial charge in [0.1, 0.15) is 12.4 Å². The van der Waals surface area contributed by atoms with E-state index in [1.54, 1.807) is 5.82 Å². The maximum Gasteiger partial charge on any atom is 0.256 e. The summed E-state index contributed by atoms with van der Waals surface area (Å²) < 4.78 is 5.29. The van der Waals surface area contributed by atoms with Crippen molar-refractivity contribution in [3.63, 3.8) is 0 Å². The SMILES string of the molecule is CCCCCCCCCCCCCCCCCCCc1n(CCCCCCCCC)cc[n+]1CCCCCCCCCCCCCCCCCC. The van der Waals surface area contributed by atoms with Gasteiger partial charge in [-0.15, -0.1) is 0 Å². The van der Waals surface area contributed by atoms with E-state index in [1.165, 1.54) is 276 Å². The zero-order valence-corrected chi connectivity index (χ0v) is 36.0. The molecule has 0 saturated heterocycles. The van der Waals surface area contributed by atoms with E-state index in [0.717, 1.165) is 0 Å². The predicted octanol–water partition coefficient (Wildman–Crippen LogP) is 17.0. The molecule has 0 aliphatic carbocycles. The lowest BCUT2D eigenvalue weighted by atomic mass is 10.0. The molecule has 0 N–H and O–H groups in total. The molecule has 1 aromatic rings. The Morgan fingerprint density at radius 2 is 0.608 bits per heavy atom. The third kappa shape index (κ3) is 32.4. The molecule has 2 nitrogen and oxygen atoms in total. The molecule has 302 valence electrons. The van der Waals surface area contributed by atoms with E-state index in [4.69, 9.17) is 0 Å². The Morgan fingerprint density at radius 3 is 0.941 bits per heavy atom. The van der Waals surface area contributed by atoms with Gasteiger partial charge in [-0.05, 0) is 32.1 Å². The molecule has 0 saturated carbocycles. The van der Waals surface area contributed by atoms with Crippen LogP contribution in [0.5, 0.6) is 0 Å². The summed E-state index contributed by atoms with van der Waals surface area (Å²) in [4.78, 5) is 0. The first-order valence-electron chi connectivity index (χ1n) is 24.4. The summed E-state index contributed by atoms with van der Waals surface area (Å²) in [6.45, 7) is 9.41. The van der Waals surface area contributed by atoms with Gasteiger partial charge >= 0.3 is 0 Å². The van der Waals surface area contributed by atoms with Crippen LogP contribution in [-0.4, -0.2) is 4.57 Å². The first kappa shape index (κ1) is 48.2. The first-order valence-corrected chi connectivity index (χ1v) is 24.4. The Morgan fingerprint density at radius 1 is 0.333 bits per heavy atom. The minimum absolute atomic E-state index is 1.23. The molecule has 0 bridgehead atoms. The average molecular weight is 714 g/mol.